The molecule has 1 N–H and O–H groups in total. The molecule has 8 nitrogen and oxygen atoms in total. The van der Waals surface area contributed by atoms with Crippen LogP contribution in [0.15, 0.2) is 63.3 Å². The van der Waals surface area contributed by atoms with Crippen molar-refractivity contribution in [2.24, 2.45) is 10.3 Å². The molecule has 154 valence electrons. The van der Waals surface area contributed by atoms with Crippen molar-refractivity contribution in [3.63, 3.8) is 0 Å². The Morgan fingerprint density at radius 3 is 2.37 bits per heavy atom. The van der Waals surface area contributed by atoms with Crippen LogP contribution >= 0.6 is 15.9 Å². The molecule has 2 aliphatic rings. The first kappa shape index (κ1) is 20.2. The maximum absolute atomic E-state index is 12.9. The van der Waals surface area contributed by atoms with Gasteiger partial charge in [0.2, 0.25) is 5.91 Å². The van der Waals surface area contributed by atoms with E-state index in [4.69, 9.17) is 0 Å². The molecule has 3 amide bonds. The van der Waals surface area contributed by atoms with Crippen molar-refractivity contribution >= 4 is 45.0 Å². The lowest BCUT2D eigenvalue weighted by Gasteiger charge is -2.20. The molecule has 2 aliphatic heterocycles. The third-order valence-corrected chi connectivity index (χ3v) is 5.64. The van der Waals surface area contributed by atoms with Crippen molar-refractivity contribution in [1.82, 2.24) is 5.01 Å². The quantitative estimate of drug-likeness (QED) is 0.677. The minimum atomic E-state index is -0.931. The number of anilines is 2. The molecule has 0 radical (unpaired) electrons. The first-order chi connectivity index (χ1) is 14.3. The van der Waals surface area contributed by atoms with Crippen LogP contribution in [-0.4, -0.2) is 41.4 Å². The maximum Gasteiger partial charge on any atom is 0.263 e. The molecule has 1 saturated heterocycles. The Hall–Kier alpha value is -3.07. The zero-order chi connectivity index (χ0) is 21.4. The molecule has 2 atom stereocenters. The Labute approximate surface area is 182 Å². The van der Waals surface area contributed by atoms with E-state index in [9.17, 15) is 14.4 Å². The predicted molar refractivity (Wildman–Crippen MR) is 115 cm³/mol. The second-order valence-corrected chi connectivity index (χ2v) is 8.42. The Morgan fingerprint density at radius 1 is 1.07 bits per heavy atom. The van der Waals surface area contributed by atoms with Crippen molar-refractivity contribution in [3.05, 3.63) is 58.6 Å². The van der Waals surface area contributed by atoms with Crippen molar-refractivity contribution in [3.8, 4) is 0 Å². The average Bonchev–Trinajstić information content (AvgIpc) is 3.23. The topological polar surface area (TPSA) is 94.4 Å². The van der Waals surface area contributed by atoms with Crippen LogP contribution in [0.25, 0.3) is 0 Å². The van der Waals surface area contributed by atoms with Gasteiger partial charge < -0.3 is 5.32 Å². The SMILES string of the molecule is CC(C)c1ccc(NC(=O)CN2N=N[C@H]3C(=O)N(c4ccc(Br)cc4)C(=O)[C@H]32)cc1. The van der Waals surface area contributed by atoms with Gasteiger partial charge in [-0.15, -0.1) is 0 Å². The predicted octanol–water partition coefficient (Wildman–Crippen LogP) is 3.50. The Balaban J connectivity index is 1.44. The number of imide groups is 1. The largest absolute Gasteiger partial charge is 0.324 e. The summed E-state index contributed by atoms with van der Waals surface area (Å²) in [5.74, 6) is -0.819. The minimum Gasteiger partial charge on any atom is -0.324 e. The van der Waals surface area contributed by atoms with Crippen LogP contribution in [0.4, 0.5) is 11.4 Å². The summed E-state index contributed by atoms with van der Waals surface area (Å²) in [6.07, 6.45) is 0. The van der Waals surface area contributed by atoms with E-state index in [0.29, 0.717) is 17.3 Å². The zero-order valence-electron chi connectivity index (χ0n) is 16.4. The number of hydrogen-bond acceptors (Lipinski definition) is 6. The molecule has 4 rings (SSSR count). The molecule has 0 spiro atoms. The standard InChI is InChI=1S/C21H20BrN5O3/c1-12(2)13-3-7-15(8-4-13)23-17(28)11-26-19-18(24-25-26)20(29)27(21(19)30)16-9-5-14(22)6-10-16/h3-10,12,18-19H,11H2,1-2H3,(H,23,28)/t18-,19+/m1/s1. The van der Waals surface area contributed by atoms with Crippen LogP contribution in [0.2, 0.25) is 0 Å². The summed E-state index contributed by atoms with van der Waals surface area (Å²) in [4.78, 5) is 39.2. The molecular formula is C21H20BrN5O3. The minimum absolute atomic E-state index is 0.177. The first-order valence-electron chi connectivity index (χ1n) is 9.56. The molecule has 0 saturated carbocycles. The Kier molecular flexibility index (Phi) is 5.38. The highest BCUT2D eigenvalue weighted by molar-refractivity contribution is 9.10. The highest BCUT2D eigenvalue weighted by Gasteiger charge is 2.55. The van der Waals surface area contributed by atoms with Crippen LogP contribution in [0.5, 0.6) is 0 Å². The Bertz CT molecular complexity index is 1020. The number of halogens is 1. The Morgan fingerprint density at radius 2 is 1.73 bits per heavy atom. The number of carbonyl (C=O) groups is 3. The zero-order valence-corrected chi connectivity index (χ0v) is 18.0. The lowest BCUT2D eigenvalue weighted by molar-refractivity contribution is -0.123. The van der Waals surface area contributed by atoms with Crippen LogP contribution in [0, 0.1) is 0 Å². The maximum atomic E-state index is 12.9. The van der Waals surface area contributed by atoms with Crippen LogP contribution < -0.4 is 10.2 Å². The molecule has 0 unspecified atom stereocenters. The monoisotopic (exact) mass is 469 g/mol. The second-order valence-electron chi connectivity index (χ2n) is 7.51. The van der Waals surface area contributed by atoms with E-state index in [1.807, 2.05) is 24.3 Å². The third kappa shape index (κ3) is 3.72. The van der Waals surface area contributed by atoms with Crippen molar-refractivity contribution in [2.75, 3.05) is 16.8 Å². The van der Waals surface area contributed by atoms with Gasteiger partial charge in [0.1, 0.15) is 6.54 Å². The lowest BCUT2D eigenvalue weighted by atomic mass is 10.0. The summed E-state index contributed by atoms with van der Waals surface area (Å²) in [7, 11) is 0. The fourth-order valence-corrected chi connectivity index (χ4v) is 3.76. The summed E-state index contributed by atoms with van der Waals surface area (Å²) in [5, 5.41) is 11.9. The number of fused-ring (bicyclic) bond motifs is 1. The summed E-state index contributed by atoms with van der Waals surface area (Å²) in [6, 6.07) is 12.6. The summed E-state index contributed by atoms with van der Waals surface area (Å²) in [6.45, 7) is 4.02. The van der Waals surface area contributed by atoms with E-state index < -0.39 is 23.9 Å². The highest BCUT2D eigenvalue weighted by atomic mass is 79.9. The van der Waals surface area contributed by atoms with E-state index in [1.54, 1.807) is 24.3 Å². The number of amides is 3. The average molecular weight is 470 g/mol. The smallest absolute Gasteiger partial charge is 0.263 e. The van der Waals surface area contributed by atoms with E-state index in [2.05, 4.69) is 45.4 Å². The van der Waals surface area contributed by atoms with Gasteiger partial charge in [-0.05, 0) is 47.9 Å². The van der Waals surface area contributed by atoms with E-state index in [-0.39, 0.29) is 12.5 Å². The van der Waals surface area contributed by atoms with Gasteiger partial charge in [0.15, 0.2) is 12.1 Å². The van der Waals surface area contributed by atoms with Gasteiger partial charge in [0.05, 0.1) is 5.69 Å². The number of nitrogens with zero attached hydrogens (tertiary/aromatic N) is 4. The van der Waals surface area contributed by atoms with Crippen molar-refractivity contribution in [2.45, 2.75) is 31.8 Å². The molecular weight excluding hydrogens is 450 g/mol. The molecule has 2 aromatic carbocycles. The van der Waals surface area contributed by atoms with Crippen LogP contribution in [0.1, 0.15) is 25.3 Å². The van der Waals surface area contributed by atoms with E-state index in [0.717, 1.165) is 9.37 Å². The number of rotatable bonds is 5. The molecule has 9 heteroatoms. The highest BCUT2D eigenvalue weighted by Crippen LogP contribution is 2.32. The van der Waals surface area contributed by atoms with Gasteiger partial charge in [-0.2, -0.15) is 5.11 Å². The molecule has 1 fully saturated rings. The summed E-state index contributed by atoms with van der Waals surface area (Å²) >= 11 is 3.33. The molecule has 2 aromatic rings. The lowest BCUT2D eigenvalue weighted by Crippen LogP contribution is -2.43. The van der Waals surface area contributed by atoms with E-state index in [1.165, 1.54) is 10.6 Å². The summed E-state index contributed by atoms with van der Waals surface area (Å²) in [5.41, 5.74) is 2.29. The fourth-order valence-electron chi connectivity index (χ4n) is 3.50. The van der Waals surface area contributed by atoms with Gasteiger partial charge in [-0.3, -0.25) is 19.4 Å². The molecule has 0 aliphatic carbocycles. The van der Waals surface area contributed by atoms with E-state index >= 15 is 0 Å². The van der Waals surface area contributed by atoms with Gasteiger partial charge >= 0.3 is 0 Å². The van der Waals surface area contributed by atoms with Gasteiger partial charge in [-0.1, -0.05) is 47.1 Å². The fraction of sp³-hybridized carbons (Fsp3) is 0.286. The van der Waals surface area contributed by atoms with Crippen LogP contribution in [-0.2, 0) is 14.4 Å². The summed E-state index contributed by atoms with van der Waals surface area (Å²) < 4.78 is 0.838. The number of nitrogens with one attached hydrogen (secondary N) is 1. The number of carbonyl (C=O) groups excluding carboxylic acids is 3. The second kappa shape index (κ2) is 7.98. The third-order valence-electron chi connectivity index (χ3n) is 5.11. The number of benzene rings is 2. The molecule has 0 aromatic heterocycles. The van der Waals surface area contributed by atoms with Gasteiger partial charge in [-0.25, -0.2) is 4.90 Å². The van der Waals surface area contributed by atoms with Gasteiger partial charge in [0, 0.05) is 10.2 Å². The van der Waals surface area contributed by atoms with Gasteiger partial charge in [0.25, 0.3) is 11.8 Å². The van der Waals surface area contributed by atoms with Crippen LogP contribution in [0.3, 0.4) is 0 Å². The van der Waals surface area contributed by atoms with Crippen molar-refractivity contribution < 1.29 is 14.4 Å². The molecule has 30 heavy (non-hydrogen) atoms. The molecule has 2 heterocycles. The first-order valence-corrected chi connectivity index (χ1v) is 10.3. The number of hydrogen-bond donors (Lipinski definition) is 1. The van der Waals surface area contributed by atoms with Crippen molar-refractivity contribution in [1.29, 1.82) is 0 Å². The molecule has 0 bridgehead atoms. The normalized spacial score (nSPS) is 20.3.